The number of aliphatic carboxylic acids is 1. The molecule has 1 fully saturated rings. The van der Waals surface area contributed by atoms with Crippen molar-refractivity contribution in [1.29, 1.82) is 0 Å². The molecule has 0 aromatic carbocycles. The molecular formula is C13H23NO4. The first kappa shape index (κ1) is 15.0. The van der Waals surface area contributed by atoms with Crippen LogP contribution in [-0.4, -0.2) is 35.7 Å². The van der Waals surface area contributed by atoms with Crippen molar-refractivity contribution in [2.45, 2.75) is 52.0 Å². The van der Waals surface area contributed by atoms with E-state index in [1.54, 1.807) is 13.8 Å². The lowest BCUT2D eigenvalue weighted by Gasteiger charge is -2.35. The van der Waals surface area contributed by atoms with Gasteiger partial charge in [-0.2, -0.15) is 0 Å². The predicted octanol–water partition coefficient (Wildman–Crippen LogP) is 1.56. The highest BCUT2D eigenvalue weighted by Gasteiger charge is 2.31. The maximum atomic E-state index is 12.0. The van der Waals surface area contributed by atoms with Gasteiger partial charge in [0.25, 0.3) is 0 Å². The van der Waals surface area contributed by atoms with Gasteiger partial charge in [0, 0.05) is 25.2 Å². The minimum absolute atomic E-state index is 0.000243. The Hall–Kier alpha value is -1.10. The minimum Gasteiger partial charge on any atom is -0.481 e. The number of hydrogen-bond acceptors (Lipinski definition) is 3. The Labute approximate surface area is 108 Å². The van der Waals surface area contributed by atoms with Gasteiger partial charge in [0.05, 0.1) is 6.42 Å². The average molecular weight is 257 g/mol. The van der Waals surface area contributed by atoms with Gasteiger partial charge < -0.3 is 15.2 Å². The highest BCUT2D eigenvalue weighted by atomic mass is 16.5. The first-order valence-electron chi connectivity index (χ1n) is 6.33. The number of nitrogens with one attached hydrogen (secondary N) is 1. The second-order valence-corrected chi connectivity index (χ2v) is 6.13. The van der Waals surface area contributed by atoms with E-state index in [1.807, 2.05) is 6.92 Å². The van der Waals surface area contributed by atoms with Crippen molar-refractivity contribution in [2.24, 2.45) is 5.41 Å². The summed E-state index contributed by atoms with van der Waals surface area (Å²) in [7, 11) is 0. The Bertz CT molecular complexity index is 319. The van der Waals surface area contributed by atoms with E-state index in [0.717, 1.165) is 12.8 Å². The molecule has 1 amide bonds. The van der Waals surface area contributed by atoms with Crippen LogP contribution in [0.1, 0.15) is 46.5 Å². The number of ether oxygens (including phenoxy) is 1. The maximum absolute atomic E-state index is 12.0. The monoisotopic (exact) mass is 257 g/mol. The summed E-state index contributed by atoms with van der Waals surface area (Å²) in [4.78, 5) is 22.7. The van der Waals surface area contributed by atoms with Crippen LogP contribution in [0.2, 0.25) is 0 Å². The molecule has 5 nitrogen and oxygen atoms in total. The quantitative estimate of drug-likeness (QED) is 0.783. The summed E-state index contributed by atoms with van der Waals surface area (Å²) in [5.41, 5.74) is -0.730. The number of carbonyl (C=O) groups is 2. The van der Waals surface area contributed by atoms with Crippen molar-refractivity contribution < 1.29 is 19.4 Å². The summed E-state index contributed by atoms with van der Waals surface area (Å²) in [5, 5.41) is 11.8. The van der Waals surface area contributed by atoms with Crippen LogP contribution in [0.25, 0.3) is 0 Å². The van der Waals surface area contributed by atoms with Crippen LogP contribution in [0, 0.1) is 5.41 Å². The highest BCUT2D eigenvalue weighted by molar-refractivity contribution is 5.78. The van der Waals surface area contributed by atoms with Gasteiger partial charge in [0.2, 0.25) is 5.91 Å². The second-order valence-electron chi connectivity index (χ2n) is 6.13. The molecule has 0 bridgehead atoms. The molecule has 0 saturated carbocycles. The lowest BCUT2D eigenvalue weighted by molar-refractivity contribution is -0.139. The minimum atomic E-state index is -0.870. The molecule has 2 N–H and O–H groups in total. The van der Waals surface area contributed by atoms with Gasteiger partial charge in [-0.1, -0.05) is 13.8 Å². The molecule has 1 aliphatic rings. The second kappa shape index (κ2) is 5.69. The number of carboxylic acids is 1. The third-order valence-corrected chi connectivity index (χ3v) is 3.31. The van der Waals surface area contributed by atoms with Crippen LogP contribution in [0.15, 0.2) is 0 Å². The van der Waals surface area contributed by atoms with E-state index < -0.39 is 11.4 Å². The Morgan fingerprint density at radius 1 is 1.28 bits per heavy atom. The van der Waals surface area contributed by atoms with Crippen molar-refractivity contribution in [3.05, 3.63) is 0 Å². The van der Waals surface area contributed by atoms with Gasteiger partial charge in [-0.25, -0.2) is 0 Å². The normalized spacial score (nSPS) is 19.3. The van der Waals surface area contributed by atoms with Gasteiger partial charge in [-0.3, -0.25) is 9.59 Å². The smallest absolute Gasteiger partial charge is 0.303 e. The summed E-state index contributed by atoms with van der Waals surface area (Å²) in [6.07, 6.45) is 1.84. The fourth-order valence-electron chi connectivity index (χ4n) is 2.23. The fourth-order valence-corrected chi connectivity index (χ4v) is 2.23. The van der Waals surface area contributed by atoms with Crippen LogP contribution in [0.3, 0.4) is 0 Å². The maximum Gasteiger partial charge on any atom is 0.303 e. The lowest BCUT2D eigenvalue weighted by Crippen LogP contribution is -2.50. The number of carboxylic acid groups (broad SMARTS) is 1. The SMILES string of the molecule is CC(C)(CC(=O)O)CC(=O)NC1(C)CCOCC1. The molecule has 0 unspecified atom stereocenters. The highest BCUT2D eigenvalue weighted by Crippen LogP contribution is 2.26. The predicted molar refractivity (Wildman–Crippen MR) is 67.3 cm³/mol. The van der Waals surface area contributed by atoms with E-state index in [0.29, 0.717) is 13.2 Å². The summed E-state index contributed by atoms with van der Waals surface area (Å²) in [5.74, 6) is -0.948. The third-order valence-electron chi connectivity index (χ3n) is 3.31. The molecule has 1 rings (SSSR count). The van der Waals surface area contributed by atoms with Crippen molar-refractivity contribution >= 4 is 11.9 Å². The van der Waals surface area contributed by atoms with Crippen molar-refractivity contribution in [3.63, 3.8) is 0 Å². The van der Waals surface area contributed by atoms with Crippen LogP contribution in [-0.2, 0) is 14.3 Å². The van der Waals surface area contributed by atoms with Gasteiger partial charge in [-0.15, -0.1) is 0 Å². The van der Waals surface area contributed by atoms with E-state index in [-0.39, 0.29) is 24.3 Å². The number of carbonyl (C=O) groups excluding carboxylic acids is 1. The number of amides is 1. The molecule has 104 valence electrons. The zero-order valence-electron chi connectivity index (χ0n) is 11.4. The fraction of sp³-hybridized carbons (Fsp3) is 0.846. The summed E-state index contributed by atoms with van der Waals surface area (Å²) in [6, 6.07) is 0. The molecule has 0 aromatic rings. The lowest BCUT2D eigenvalue weighted by atomic mass is 9.84. The summed E-state index contributed by atoms with van der Waals surface area (Å²) >= 11 is 0. The topological polar surface area (TPSA) is 75.6 Å². The van der Waals surface area contributed by atoms with Gasteiger partial charge in [0.15, 0.2) is 0 Å². The zero-order valence-corrected chi connectivity index (χ0v) is 11.4. The molecule has 1 aliphatic heterocycles. The summed E-state index contributed by atoms with van der Waals surface area (Å²) in [6.45, 7) is 6.93. The zero-order chi connectivity index (χ0) is 13.8. The third kappa shape index (κ3) is 5.04. The molecule has 1 saturated heterocycles. The van der Waals surface area contributed by atoms with E-state index in [4.69, 9.17) is 9.84 Å². The Balaban J connectivity index is 2.47. The standard InChI is InChI=1S/C13H23NO4/c1-12(2,9-11(16)17)8-10(15)14-13(3)4-6-18-7-5-13/h4-9H2,1-3H3,(H,14,15)(H,16,17). The first-order valence-corrected chi connectivity index (χ1v) is 6.33. The van der Waals surface area contributed by atoms with Gasteiger partial charge in [0.1, 0.15) is 0 Å². The van der Waals surface area contributed by atoms with Crippen LogP contribution in [0.5, 0.6) is 0 Å². The average Bonchev–Trinajstić information content (AvgIpc) is 2.13. The Kier molecular flexibility index (Phi) is 4.73. The van der Waals surface area contributed by atoms with Crippen molar-refractivity contribution in [1.82, 2.24) is 5.32 Å². The van der Waals surface area contributed by atoms with Crippen LogP contribution >= 0.6 is 0 Å². The molecule has 0 aliphatic carbocycles. The Morgan fingerprint density at radius 3 is 2.33 bits per heavy atom. The molecule has 0 aromatic heterocycles. The molecule has 18 heavy (non-hydrogen) atoms. The largest absolute Gasteiger partial charge is 0.481 e. The Morgan fingerprint density at radius 2 is 1.83 bits per heavy atom. The first-order chi connectivity index (χ1) is 8.22. The van der Waals surface area contributed by atoms with Gasteiger partial charge in [-0.05, 0) is 25.2 Å². The van der Waals surface area contributed by atoms with E-state index >= 15 is 0 Å². The van der Waals surface area contributed by atoms with E-state index in [9.17, 15) is 9.59 Å². The molecule has 0 atom stereocenters. The number of rotatable bonds is 5. The molecule has 0 spiro atoms. The van der Waals surface area contributed by atoms with Crippen molar-refractivity contribution in [3.8, 4) is 0 Å². The van der Waals surface area contributed by atoms with Crippen molar-refractivity contribution in [2.75, 3.05) is 13.2 Å². The summed E-state index contributed by atoms with van der Waals surface area (Å²) < 4.78 is 5.27. The molecule has 5 heteroatoms. The van der Waals surface area contributed by atoms with Gasteiger partial charge >= 0.3 is 5.97 Å². The molecule has 1 heterocycles. The number of hydrogen-bond donors (Lipinski definition) is 2. The van der Waals surface area contributed by atoms with E-state index in [1.165, 1.54) is 0 Å². The van der Waals surface area contributed by atoms with E-state index in [2.05, 4.69) is 5.32 Å². The molecular weight excluding hydrogens is 234 g/mol. The van der Waals surface area contributed by atoms with Crippen LogP contribution < -0.4 is 5.32 Å². The molecule has 0 radical (unpaired) electrons. The van der Waals surface area contributed by atoms with Crippen LogP contribution in [0.4, 0.5) is 0 Å².